The van der Waals surface area contributed by atoms with Crippen LogP contribution < -0.4 is 9.64 Å². The maximum atomic E-state index is 9.76. The lowest BCUT2D eigenvalue weighted by Crippen LogP contribution is -2.24. The fraction of sp³-hybridized carbons (Fsp3) is 0.400. The highest BCUT2D eigenvalue weighted by Crippen LogP contribution is 2.35. The second-order valence-corrected chi connectivity index (χ2v) is 7.04. The number of aryl methyl sites for hydroxylation is 3. The average Bonchev–Trinajstić information content (AvgIpc) is 2.55. The number of aromatic nitrogens is 1. The number of hydrogen-bond donors (Lipinski definition) is 0. The van der Waals surface area contributed by atoms with Crippen molar-refractivity contribution >= 4 is 21.6 Å². The van der Waals surface area contributed by atoms with Crippen LogP contribution in [-0.2, 0) is 0 Å². The van der Waals surface area contributed by atoms with E-state index in [-0.39, 0.29) is 0 Å². The summed E-state index contributed by atoms with van der Waals surface area (Å²) in [6.45, 7) is 11.9. The molecule has 0 radical (unpaired) electrons. The topological polar surface area (TPSA) is 49.2 Å². The first-order valence-electron chi connectivity index (χ1n) is 8.52. The quantitative estimate of drug-likeness (QED) is 0.625. The first-order valence-corrected chi connectivity index (χ1v) is 9.31. The predicted octanol–water partition coefficient (Wildman–Crippen LogP) is 5.67. The van der Waals surface area contributed by atoms with E-state index < -0.39 is 0 Å². The molecule has 0 atom stereocenters. The van der Waals surface area contributed by atoms with Gasteiger partial charge in [0, 0.05) is 23.3 Å². The van der Waals surface area contributed by atoms with Gasteiger partial charge < -0.3 is 9.64 Å². The van der Waals surface area contributed by atoms with Crippen molar-refractivity contribution in [2.75, 3.05) is 18.0 Å². The maximum absolute atomic E-state index is 9.76. The van der Waals surface area contributed by atoms with E-state index in [0.29, 0.717) is 11.4 Å². The zero-order valence-corrected chi connectivity index (χ0v) is 17.1. The van der Waals surface area contributed by atoms with Gasteiger partial charge in [-0.25, -0.2) is 4.98 Å². The Hall–Kier alpha value is -2.06. The van der Waals surface area contributed by atoms with Crippen molar-refractivity contribution in [2.45, 2.75) is 41.0 Å². The van der Waals surface area contributed by atoms with Gasteiger partial charge in [0.1, 0.15) is 17.4 Å². The van der Waals surface area contributed by atoms with Crippen molar-refractivity contribution in [2.24, 2.45) is 0 Å². The van der Waals surface area contributed by atoms with Crippen LogP contribution in [0.2, 0.25) is 0 Å². The third-order valence-electron chi connectivity index (χ3n) is 4.05. The van der Waals surface area contributed by atoms with E-state index in [1.807, 2.05) is 39.0 Å². The van der Waals surface area contributed by atoms with Crippen LogP contribution in [-0.4, -0.2) is 18.1 Å². The van der Waals surface area contributed by atoms with Crippen LogP contribution in [0.3, 0.4) is 0 Å². The minimum absolute atomic E-state index is 0.376. The summed E-state index contributed by atoms with van der Waals surface area (Å²) in [6.07, 6.45) is 1.02. The van der Waals surface area contributed by atoms with Crippen molar-refractivity contribution in [1.29, 1.82) is 5.26 Å². The van der Waals surface area contributed by atoms with Gasteiger partial charge in [0.15, 0.2) is 0 Å². The number of rotatable bonds is 6. The molecule has 2 rings (SSSR count). The summed E-state index contributed by atoms with van der Waals surface area (Å²) in [7, 11) is 0. The van der Waals surface area contributed by atoms with Crippen LogP contribution in [0, 0.1) is 32.1 Å². The molecule has 0 N–H and O–H groups in total. The Balaban J connectivity index is 2.56. The summed E-state index contributed by atoms with van der Waals surface area (Å²) in [5, 5.41) is 9.76. The molecular weight excluding hydrogens is 378 g/mol. The van der Waals surface area contributed by atoms with Gasteiger partial charge in [0.05, 0.1) is 5.69 Å². The van der Waals surface area contributed by atoms with Gasteiger partial charge in [0.2, 0.25) is 5.88 Å². The lowest BCUT2D eigenvalue weighted by molar-refractivity contribution is 0.453. The smallest absolute Gasteiger partial charge is 0.239 e. The second kappa shape index (κ2) is 8.35. The van der Waals surface area contributed by atoms with E-state index in [9.17, 15) is 5.26 Å². The summed E-state index contributed by atoms with van der Waals surface area (Å²) >= 11 is 3.50. The molecule has 5 heteroatoms. The van der Waals surface area contributed by atoms with Gasteiger partial charge in [-0.15, -0.1) is 0 Å². The number of nitriles is 1. The van der Waals surface area contributed by atoms with Gasteiger partial charge in [0.25, 0.3) is 0 Å². The average molecular weight is 402 g/mol. The van der Waals surface area contributed by atoms with E-state index >= 15 is 0 Å². The Morgan fingerprint density at radius 3 is 2.32 bits per heavy atom. The Bertz CT molecular complexity index is 788. The molecule has 1 aromatic heterocycles. The van der Waals surface area contributed by atoms with Gasteiger partial charge in [-0.05, 0) is 63.4 Å². The minimum atomic E-state index is 0.376. The standard InChI is InChI=1S/C20H24BrN3O/c1-6-8-24(7-2)18-11-15(5)23-20(17(18)12-22)25-19-13(3)9-16(21)10-14(19)4/h9-11H,6-8H2,1-5H3. The molecule has 132 valence electrons. The largest absolute Gasteiger partial charge is 0.437 e. The molecule has 0 bridgehead atoms. The van der Waals surface area contributed by atoms with Crippen LogP contribution >= 0.6 is 15.9 Å². The number of halogens is 1. The highest BCUT2D eigenvalue weighted by molar-refractivity contribution is 9.10. The summed E-state index contributed by atoms with van der Waals surface area (Å²) < 4.78 is 7.14. The minimum Gasteiger partial charge on any atom is -0.437 e. The van der Waals surface area contributed by atoms with E-state index in [0.717, 1.165) is 52.2 Å². The summed E-state index contributed by atoms with van der Waals surface area (Å²) in [4.78, 5) is 6.69. The van der Waals surface area contributed by atoms with Gasteiger partial charge in [-0.2, -0.15) is 5.26 Å². The van der Waals surface area contributed by atoms with Crippen LogP contribution in [0.1, 0.15) is 42.7 Å². The molecule has 0 saturated heterocycles. The predicted molar refractivity (Wildman–Crippen MR) is 106 cm³/mol. The highest BCUT2D eigenvalue weighted by Gasteiger charge is 2.19. The SMILES string of the molecule is CCCN(CC)c1cc(C)nc(Oc2c(C)cc(Br)cc2C)c1C#N. The van der Waals surface area contributed by atoms with Crippen molar-refractivity contribution in [3.8, 4) is 17.7 Å². The van der Waals surface area contributed by atoms with Crippen molar-refractivity contribution < 1.29 is 4.74 Å². The fourth-order valence-corrected chi connectivity index (χ4v) is 3.62. The number of pyridine rings is 1. The van der Waals surface area contributed by atoms with Crippen molar-refractivity contribution in [3.05, 3.63) is 45.1 Å². The van der Waals surface area contributed by atoms with Crippen LogP contribution in [0.5, 0.6) is 11.6 Å². The second-order valence-electron chi connectivity index (χ2n) is 6.13. The zero-order valence-electron chi connectivity index (χ0n) is 15.5. The summed E-state index contributed by atoms with van der Waals surface area (Å²) in [5.74, 6) is 1.13. The third kappa shape index (κ3) is 4.32. The molecule has 0 unspecified atom stereocenters. The number of anilines is 1. The molecule has 25 heavy (non-hydrogen) atoms. The molecule has 0 amide bonds. The molecule has 0 saturated carbocycles. The number of nitrogens with zero attached hydrogens (tertiary/aromatic N) is 3. The molecule has 0 aliphatic rings. The van der Waals surface area contributed by atoms with Crippen LogP contribution in [0.4, 0.5) is 5.69 Å². The normalized spacial score (nSPS) is 10.4. The van der Waals surface area contributed by atoms with Gasteiger partial charge in [-0.3, -0.25) is 0 Å². The van der Waals surface area contributed by atoms with E-state index in [1.54, 1.807) is 0 Å². The molecular formula is C20H24BrN3O. The maximum Gasteiger partial charge on any atom is 0.239 e. The molecule has 0 aliphatic heterocycles. The number of benzene rings is 1. The zero-order chi connectivity index (χ0) is 18.6. The van der Waals surface area contributed by atoms with Crippen molar-refractivity contribution in [3.63, 3.8) is 0 Å². The van der Waals surface area contributed by atoms with Gasteiger partial charge >= 0.3 is 0 Å². The monoisotopic (exact) mass is 401 g/mol. The van der Waals surface area contributed by atoms with E-state index in [1.165, 1.54) is 0 Å². The Morgan fingerprint density at radius 1 is 1.16 bits per heavy atom. The fourth-order valence-electron chi connectivity index (χ4n) is 2.93. The molecule has 0 fully saturated rings. The van der Waals surface area contributed by atoms with Crippen molar-refractivity contribution in [1.82, 2.24) is 4.98 Å². The Labute approximate surface area is 158 Å². The molecule has 0 spiro atoms. The summed E-state index contributed by atoms with van der Waals surface area (Å²) in [5.41, 5.74) is 4.22. The molecule has 1 aromatic carbocycles. The lowest BCUT2D eigenvalue weighted by Gasteiger charge is -2.25. The highest BCUT2D eigenvalue weighted by atomic mass is 79.9. The third-order valence-corrected chi connectivity index (χ3v) is 4.50. The Kier molecular flexibility index (Phi) is 6.44. The Morgan fingerprint density at radius 2 is 1.80 bits per heavy atom. The van der Waals surface area contributed by atoms with Crippen LogP contribution in [0.25, 0.3) is 0 Å². The molecule has 1 heterocycles. The first-order chi connectivity index (χ1) is 11.9. The number of hydrogen-bond acceptors (Lipinski definition) is 4. The van der Waals surface area contributed by atoms with Gasteiger partial charge in [-0.1, -0.05) is 22.9 Å². The van der Waals surface area contributed by atoms with E-state index in [4.69, 9.17) is 4.74 Å². The lowest BCUT2D eigenvalue weighted by atomic mass is 10.1. The number of ether oxygens (including phenoxy) is 1. The van der Waals surface area contributed by atoms with E-state index in [2.05, 4.69) is 45.7 Å². The molecule has 2 aromatic rings. The van der Waals surface area contributed by atoms with Crippen LogP contribution in [0.15, 0.2) is 22.7 Å². The summed E-state index contributed by atoms with van der Waals surface area (Å²) in [6, 6.07) is 8.26. The first kappa shape index (κ1) is 19.3. The molecule has 4 nitrogen and oxygen atoms in total. The molecule has 0 aliphatic carbocycles.